The number of hydrogen-bond donors (Lipinski definition) is 3. The van der Waals surface area contributed by atoms with E-state index in [0.717, 1.165) is 30.6 Å². The lowest BCUT2D eigenvalue weighted by molar-refractivity contribution is 0.379. The number of anilines is 1. The van der Waals surface area contributed by atoms with Crippen LogP contribution in [0.25, 0.3) is 0 Å². The van der Waals surface area contributed by atoms with Crippen LogP contribution in [0, 0.1) is 16.7 Å². The zero-order valence-corrected chi connectivity index (χ0v) is 22.3. The van der Waals surface area contributed by atoms with E-state index in [1.54, 1.807) is 6.92 Å². The molecule has 34 heavy (non-hydrogen) atoms. The minimum Gasteiger partial charge on any atom is -0.384 e. The van der Waals surface area contributed by atoms with Crippen molar-refractivity contribution in [2.75, 3.05) is 5.32 Å². The summed E-state index contributed by atoms with van der Waals surface area (Å²) >= 11 is 0. The smallest absolute Gasteiger partial charge is 0.143 e. The second-order valence-electron chi connectivity index (χ2n) is 10.2. The molecular formula is C29H43FN4. The highest BCUT2D eigenvalue weighted by Gasteiger charge is 2.17. The third-order valence-corrected chi connectivity index (χ3v) is 5.61. The van der Waals surface area contributed by atoms with Crippen LogP contribution in [-0.4, -0.2) is 12.1 Å². The Hall–Kier alpha value is -3.00. The zero-order chi connectivity index (χ0) is 26.1. The van der Waals surface area contributed by atoms with Crippen LogP contribution < -0.4 is 16.0 Å². The lowest BCUT2D eigenvalue weighted by atomic mass is 9.90. The van der Waals surface area contributed by atoms with E-state index in [-0.39, 0.29) is 23.1 Å². The molecule has 0 heterocycles. The Morgan fingerprint density at radius 2 is 1.59 bits per heavy atom. The number of benzene rings is 1. The average Bonchev–Trinajstić information content (AvgIpc) is 2.75. The maximum absolute atomic E-state index is 15.0. The van der Waals surface area contributed by atoms with Crippen molar-refractivity contribution in [2.24, 2.45) is 5.41 Å². The van der Waals surface area contributed by atoms with Gasteiger partial charge in [-0.2, -0.15) is 5.26 Å². The Balaban J connectivity index is 2.91. The van der Waals surface area contributed by atoms with E-state index < -0.39 is 5.83 Å². The Bertz CT molecular complexity index is 951. The molecule has 4 nitrogen and oxygen atoms in total. The molecule has 0 saturated heterocycles. The minimum absolute atomic E-state index is 0.0484. The molecule has 1 aromatic rings. The number of nitrogens with one attached hydrogen (secondary N) is 3. The SMILES string of the molecule is C=C(CC(C)(C)C)NC(C)C(C)N/C(C)=C(F)/C=C(/C#N)C(=C)Nc1cc(CC)cc(CC)c1. The van der Waals surface area contributed by atoms with Gasteiger partial charge in [-0.15, -0.1) is 0 Å². The highest BCUT2D eigenvalue weighted by atomic mass is 19.1. The third kappa shape index (κ3) is 9.87. The number of hydrogen-bond acceptors (Lipinski definition) is 4. The monoisotopic (exact) mass is 466 g/mol. The van der Waals surface area contributed by atoms with Gasteiger partial charge in [0, 0.05) is 34.9 Å². The number of aryl methyl sites for hydroxylation is 2. The first-order chi connectivity index (χ1) is 15.8. The van der Waals surface area contributed by atoms with Crippen molar-refractivity contribution in [3.05, 3.63) is 77.1 Å². The van der Waals surface area contributed by atoms with Crippen LogP contribution in [0.15, 0.2) is 65.9 Å². The molecule has 3 N–H and O–H groups in total. The van der Waals surface area contributed by atoms with Crippen molar-refractivity contribution in [2.45, 2.75) is 86.7 Å². The van der Waals surface area contributed by atoms with Gasteiger partial charge in [-0.3, -0.25) is 0 Å². The molecule has 0 bridgehead atoms. The van der Waals surface area contributed by atoms with Crippen molar-refractivity contribution in [3.63, 3.8) is 0 Å². The summed E-state index contributed by atoms with van der Waals surface area (Å²) in [6, 6.07) is 8.29. The summed E-state index contributed by atoms with van der Waals surface area (Å²) in [5, 5.41) is 19.4. The molecule has 186 valence electrons. The largest absolute Gasteiger partial charge is 0.384 e. The predicted molar refractivity (Wildman–Crippen MR) is 144 cm³/mol. The summed E-state index contributed by atoms with van der Waals surface area (Å²) in [4.78, 5) is 0. The van der Waals surface area contributed by atoms with E-state index in [4.69, 9.17) is 0 Å². The molecule has 0 aliphatic carbocycles. The molecule has 2 unspecified atom stereocenters. The summed E-state index contributed by atoms with van der Waals surface area (Å²) in [6.07, 6.45) is 3.91. The van der Waals surface area contributed by atoms with Crippen molar-refractivity contribution in [1.29, 1.82) is 5.26 Å². The van der Waals surface area contributed by atoms with E-state index in [9.17, 15) is 9.65 Å². The van der Waals surface area contributed by atoms with Gasteiger partial charge in [0.05, 0.1) is 5.57 Å². The molecule has 1 aromatic carbocycles. The maximum Gasteiger partial charge on any atom is 0.143 e. The van der Waals surface area contributed by atoms with Crippen LogP contribution in [-0.2, 0) is 12.8 Å². The van der Waals surface area contributed by atoms with Gasteiger partial charge in [0.1, 0.15) is 11.9 Å². The molecule has 2 atom stereocenters. The standard InChI is InChI=1S/C29H43FN4/c1-11-24-13-25(12-2)15-27(14-24)34-22(6)26(18-31)16-28(30)23(7)33-21(5)20(4)32-19(3)17-29(8,9)10/h13-16,20-21,32-34H,3,6,11-12,17H2,1-2,4-5,7-10H3/b26-16-,28-23-. The lowest BCUT2D eigenvalue weighted by Crippen LogP contribution is -2.43. The molecule has 0 fully saturated rings. The Kier molecular flexibility index (Phi) is 11.1. The van der Waals surface area contributed by atoms with Gasteiger partial charge in [0.2, 0.25) is 0 Å². The number of nitrogens with zero attached hydrogens (tertiary/aromatic N) is 1. The third-order valence-electron chi connectivity index (χ3n) is 5.61. The predicted octanol–water partition coefficient (Wildman–Crippen LogP) is 7.29. The van der Waals surface area contributed by atoms with Crippen molar-refractivity contribution in [1.82, 2.24) is 10.6 Å². The molecule has 5 heteroatoms. The number of nitriles is 1. The van der Waals surface area contributed by atoms with Gasteiger partial charge < -0.3 is 16.0 Å². The fourth-order valence-corrected chi connectivity index (χ4v) is 3.58. The van der Waals surface area contributed by atoms with Crippen LogP contribution in [0.2, 0.25) is 0 Å². The minimum atomic E-state index is -0.497. The summed E-state index contributed by atoms with van der Waals surface area (Å²) in [5.74, 6) is -0.497. The normalized spacial score (nSPS) is 14.4. The quantitative estimate of drug-likeness (QED) is 0.223. The van der Waals surface area contributed by atoms with E-state index in [1.807, 2.05) is 26.0 Å². The van der Waals surface area contributed by atoms with Crippen molar-refractivity contribution < 1.29 is 4.39 Å². The Morgan fingerprint density at radius 1 is 1.06 bits per heavy atom. The van der Waals surface area contributed by atoms with Gasteiger partial charge in [-0.25, -0.2) is 4.39 Å². The summed E-state index contributed by atoms with van der Waals surface area (Å²) in [6.45, 7) is 24.5. The number of rotatable bonds is 12. The molecule has 0 aromatic heterocycles. The van der Waals surface area contributed by atoms with Crippen LogP contribution >= 0.6 is 0 Å². The average molecular weight is 467 g/mol. The zero-order valence-electron chi connectivity index (χ0n) is 22.3. The molecule has 1 rings (SSSR count). The van der Waals surface area contributed by atoms with E-state index in [2.05, 4.69) is 75.9 Å². The molecule has 0 spiro atoms. The topological polar surface area (TPSA) is 59.9 Å². The van der Waals surface area contributed by atoms with E-state index in [1.165, 1.54) is 17.2 Å². The molecule has 0 saturated carbocycles. The van der Waals surface area contributed by atoms with Crippen LogP contribution in [0.1, 0.15) is 72.9 Å². The summed E-state index contributed by atoms with van der Waals surface area (Å²) in [5.41, 5.74) is 5.24. The number of halogens is 1. The Morgan fingerprint density at radius 3 is 2.06 bits per heavy atom. The van der Waals surface area contributed by atoms with Gasteiger partial charge in [0.25, 0.3) is 0 Å². The fourth-order valence-electron chi connectivity index (χ4n) is 3.58. The van der Waals surface area contributed by atoms with Gasteiger partial charge in [-0.1, -0.05) is 53.8 Å². The molecular weight excluding hydrogens is 423 g/mol. The maximum atomic E-state index is 15.0. The highest BCUT2D eigenvalue weighted by Crippen LogP contribution is 2.23. The van der Waals surface area contributed by atoms with Gasteiger partial charge in [-0.05, 0) is 74.8 Å². The second kappa shape index (κ2) is 13.0. The first kappa shape index (κ1) is 29.0. The van der Waals surface area contributed by atoms with E-state index in [0.29, 0.717) is 11.4 Å². The molecule has 0 aliphatic rings. The van der Waals surface area contributed by atoms with Crippen molar-refractivity contribution >= 4 is 5.69 Å². The Labute approximate surface area is 206 Å². The lowest BCUT2D eigenvalue weighted by Gasteiger charge is -2.28. The summed E-state index contributed by atoms with van der Waals surface area (Å²) < 4.78 is 15.0. The first-order valence-corrected chi connectivity index (χ1v) is 12.1. The van der Waals surface area contributed by atoms with Crippen LogP contribution in [0.5, 0.6) is 0 Å². The summed E-state index contributed by atoms with van der Waals surface area (Å²) in [7, 11) is 0. The van der Waals surface area contributed by atoms with Gasteiger partial charge >= 0.3 is 0 Å². The van der Waals surface area contributed by atoms with Gasteiger partial charge in [0.15, 0.2) is 0 Å². The molecule has 0 aliphatic heterocycles. The van der Waals surface area contributed by atoms with Crippen LogP contribution in [0.3, 0.4) is 0 Å². The fraction of sp³-hybridized carbons (Fsp3) is 0.483. The highest BCUT2D eigenvalue weighted by molar-refractivity contribution is 5.59. The molecule has 0 radical (unpaired) electrons. The van der Waals surface area contributed by atoms with Crippen LogP contribution in [0.4, 0.5) is 10.1 Å². The van der Waals surface area contributed by atoms with Crippen molar-refractivity contribution in [3.8, 4) is 6.07 Å². The first-order valence-electron chi connectivity index (χ1n) is 12.1. The number of allylic oxidation sites excluding steroid dienone is 5. The second-order valence-corrected chi connectivity index (χ2v) is 10.2. The molecule has 0 amide bonds. The van der Waals surface area contributed by atoms with E-state index >= 15 is 0 Å².